The third-order valence-electron chi connectivity index (χ3n) is 12.1. The number of methoxy groups -OCH3 is 1. The molecule has 23 heteroatoms. The van der Waals surface area contributed by atoms with Crippen molar-refractivity contribution < 1.29 is 54.7 Å². The maximum absolute atomic E-state index is 15.5. The molecule has 64 heavy (non-hydrogen) atoms. The van der Waals surface area contributed by atoms with E-state index < -0.39 is 48.5 Å². The molecule has 3 aliphatic heterocycles. The van der Waals surface area contributed by atoms with Crippen LogP contribution in [0, 0.1) is 11.7 Å². The molecule has 1 saturated carbocycles. The number of carbonyl (C=O) groups is 4. The molecule has 6 heterocycles. The smallest absolute Gasteiger partial charge is 0.405 e. The molecule has 4 aromatic rings. The van der Waals surface area contributed by atoms with Crippen molar-refractivity contribution in [1.29, 1.82) is 0 Å². The molecule has 3 aromatic heterocycles. The molecule has 0 spiro atoms. The minimum Gasteiger partial charge on any atom is -0.494 e. The average Bonchev–Trinajstić information content (AvgIpc) is 4.07. The second kappa shape index (κ2) is 18.4. The molecule has 0 radical (unpaired) electrons. The Balaban J connectivity index is 0.815. The number of oxazole rings is 1. The highest BCUT2D eigenvalue weighted by Gasteiger charge is 2.37. The van der Waals surface area contributed by atoms with Crippen molar-refractivity contribution in [3.05, 3.63) is 60.1 Å². The number of halogens is 6. The van der Waals surface area contributed by atoms with Gasteiger partial charge in [0.1, 0.15) is 30.1 Å². The van der Waals surface area contributed by atoms with Crippen LogP contribution < -0.4 is 30.5 Å². The Hall–Kier alpha value is -6.39. The van der Waals surface area contributed by atoms with E-state index in [1.54, 1.807) is 6.07 Å². The minimum atomic E-state index is -4.47. The zero-order chi connectivity index (χ0) is 45.3. The normalized spacial score (nSPS) is 21.1. The predicted molar refractivity (Wildman–Crippen MR) is 218 cm³/mol. The van der Waals surface area contributed by atoms with E-state index in [2.05, 4.69) is 35.9 Å². The maximum Gasteiger partial charge on any atom is 0.405 e. The lowest BCUT2D eigenvalue weighted by molar-refractivity contribution is -0.137. The van der Waals surface area contributed by atoms with Crippen molar-refractivity contribution in [2.45, 2.75) is 63.2 Å². The van der Waals surface area contributed by atoms with Crippen LogP contribution in [-0.2, 0) is 9.59 Å². The Bertz CT molecular complexity index is 2380. The van der Waals surface area contributed by atoms with Gasteiger partial charge in [-0.2, -0.15) is 18.3 Å². The number of carbonyl (C=O) groups excluding carboxylic acids is 4. The Morgan fingerprint density at radius 1 is 1.00 bits per heavy atom. The van der Waals surface area contributed by atoms with Gasteiger partial charge < -0.3 is 29.6 Å². The SMILES string of the molecule is COc1cc(N2CC[C@@H](C(=O)N3CCN(C4CCC(n5cc(NC(=O)c6coc(-c7ccnc(NCC(F)(F)F)c7)n6)c(C(F)F)n5)CC4)CC3)C2)cc(F)c1N1CCC(=O)NC1=O. The van der Waals surface area contributed by atoms with Gasteiger partial charge in [0.05, 0.1) is 24.8 Å². The van der Waals surface area contributed by atoms with Crippen molar-refractivity contribution in [3.8, 4) is 17.2 Å². The van der Waals surface area contributed by atoms with Gasteiger partial charge in [-0.05, 0) is 50.3 Å². The Morgan fingerprint density at radius 3 is 2.45 bits per heavy atom. The summed E-state index contributed by atoms with van der Waals surface area (Å²) >= 11 is 0. The zero-order valence-corrected chi connectivity index (χ0v) is 34.5. The third kappa shape index (κ3) is 9.72. The molecule has 4 fully saturated rings. The number of anilines is 4. The van der Waals surface area contributed by atoms with E-state index in [0.717, 1.165) is 24.0 Å². The second-order valence-electron chi connectivity index (χ2n) is 16.1. The first-order valence-corrected chi connectivity index (χ1v) is 20.8. The zero-order valence-electron chi connectivity index (χ0n) is 34.5. The number of piperazine rings is 1. The number of nitrogens with zero attached hydrogens (tertiary/aromatic N) is 8. The molecule has 0 bridgehead atoms. The molecule has 1 aromatic carbocycles. The Labute approximate surface area is 362 Å². The van der Waals surface area contributed by atoms with E-state index in [1.807, 2.05) is 9.80 Å². The number of hydrogen-bond donors (Lipinski definition) is 3. The van der Waals surface area contributed by atoms with Crippen LogP contribution in [0.4, 0.5) is 54.0 Å². The molecule has 1 atom stereocenters. The number of alkyl halides is 5. The van der Waals surface area contributed by atoms with Crippen molar-refractivity contribution in [2.24, 2.45) is 5.92 Å². The quantitative estimate of drug-likeness (QED) is 0.145. The lowest BCUT2D eigenvalue weighted by Crippen LogP contribution is -2.53. The van der Waals surface area contributed by atoms with Gasteiger partial charge >= 0.3 is 12.2 Å². The summed E-state index contributed by atoms with van der Waals surface area (Å²) < 4.78 is 94.0. The summed E-state index contributed by atoms with van der Waals surface area (Å²) in [6.07, 6.45) is -0.381. The van der Waals surface area contributed by atoms with Crippen molar-refractivity contribution in [2.75, 3.05) is 79.9 Å². The molecule has 8 rings (SSSR count). The predicted octanol–water partition coefficient (Wildman–Crippen LogP) is 5.85. The van der Waals surface area contributed by atoms with E-state index in [9.17, 15) is 41.1 Å². The summed E-state index contributed by atoms with van der Waals surface area (Å²) in [7, 11) is 1.38. The number of urea groups is 1. The van der Waals surface area contributed by atoms with Gasteiger partial charge in [-0.1, -0.05) is 0 Å². The Morgan fingerprint density at radius 2 is 1.75 bits per heavy atom. The first-order chi connectivity index (χ1) is 30.6. The van der Waals surface area contributed by atoms with Gasteiger partial charge in [-0.3, -0.25) is 34.2 Å². The monoisotopic (exact) mass is 901 g/mol. The summed E-state index contributed by atoms with van der Waals surface area (Å²) in [5, 5.41) is 10.9. The van der Waals surface area contributed by atoms with Crippen molar-refractivity contribution in [1.82, 2.24) is 34.9 Å². The summed E-state index contributed by atoms with van der Waals surface area (Å²) in [5.74, 6) is -2.26. The van der Waals surface area contributed by atoms with Crippen LogP contribution in [0.15, 0.2) is 47.3 Å². The lowest BCUT2D eigenvalue weighted by atomic mass is 9.90. The van der Waals surface area contributed by atoms with Crippen LogP contribution in [0.25, 0.3) is 11.5 Å². The molecular formula is C41H45F6N11O6. The van der Waals surface area contributed by atoms with Gasteiger partial charge in [0.25, 0.3) is 12.3 Å². The van der Waals surface area contributed by atoms with Crippen LogP contribution in [0.5, 0.6) is 5.75 Å². The first kappa shape index (κ1) is 44.2. The van der Waals surface area contributed by atoms with Gasteiger partial charge in [0.15, 0.2) is 17.2 Å². The van der Waals surface area contributed by atoms with Crippen LogP contribution in [0.2, 0.25) is 0 Å². The van der Waals surface area contributed by atoms with E-state index >= 15 is 4.39 Å². The van der Waals surface area contributed by atoms with Gasteiger partial charge in [0.2, 0.25) is 17.7 Å². The minimum absolute atomic E-state index is 0.0167. The molecule has 4 aliphatic rings. The van der Waals surface area contributed by atoms with Crippen molar-refractivity contribution in [3.63, 3.8) is 0 Å². The van der Waals surface area contributed by atoms with Crippen molar-refractivity contribution >= 4 is 46.6 Å². The number of rotatable bonds is 12. The summed E-state index contributed by atoms with van der Waals surface area (Å²) in [6, 6.07) is 4.94. The number of nitrogens with one attached hydrogen (secondary N) is 3. The molecular weight excluding hydrogens is 857 g/mol. The van der Waals surface area contributed by atoms with Gasteiger partial charge in [-0.15, -0.1) is 0 Å². The third-order valence-corrected chi connectivity index (χ3v) is 12.1. The molecule has 3 N–H and O–H groups in total. The molecule has 0 unspecified atom stereocenters. The standard InChI is InChI=1S/C41H45F6N11O6/c1-63-31-18-27(17-28(42)35(31)57-11-8-33(59)52-40(57)62)56-10-7-24(19-56)39(61)55-14-12-54(13-15-55)25-2-4-26(5-3-25)58-20-29(34(53-58)36(43)44)50-37(60)30-21-64-38(51-30)23-6-9-48-32(16-23)49-22-41(45,46)47/h6,9,16-18,20-21,24-26,36H,2-5,7-8,10-15,19,22H2,1H3,(H,48,49)(H,50,60)(H,52,59,62)/t24-,25?,26?/m1/s1. The van der Waals surface area contributed by atoms with Crippen LogP contribution >= 0.6 is 0 Å². The highest BCUT2D eigenvalue weighted by Crippen LogP contribution is 2.39. The number of ether oxygens (including phenoxy) is 1. The highest BCUT2D eigenvalue weighted by atomic mass is 19.4. The summed E-state index contributed by atoms with van der Waals surface area (Å²) in [4.78, 5) is 66.1. The number of hydrogen-bond acceptors (Lipinski definition) is 12. The van der Waals surface area contributed by atoms with Crippen LogP contribution in [0.3, 0.4) is 0 Å². The molecule has 17 nitrogen and oxygen atoms in total. The number of pyridine rings is 1. The topological polar surface area (TPSA) is 183 Å². The number of imide groups is 1. The Kier molecular flexibility index (Phi) is 12.7. The van der Waals surface area contributed by atoms with Crippen LogP contribution in [-0.4, -0.2) is 125 Å². The molecule has 1 aliphatic carbocycles. The number of amides is 5. The largest absolute Gasteiger partial charge is 0.494 e. The summed E-state index contributed by atoms with van der Waals surface area (Å²) in [5.41, 5.74) is -0.334. The average molecular weight is 902 g/mol. The fourth-order valence-electron chi connectivity index (χ4n) is 8.79. The molecule has 3 saturated heterocycles. The number of benzene rings is 1. The van der Waals surface area contributed by atoms with Crippen LogP contribution in [0.1, 0.15) is 67.2 Å². The second-order valence-corrected chi connectivity index (χ2v) is 16.1. The van der Waals surface area contributed by atoms with Gasteiger partial charge in [0, 0.05) is 88.0 Å². The highest BCUT2D eigenvalue weighted by molar-refractivity contribution is 6.06. The molecule has 5 amide bonds. The number of aromatic nitrogens is 4. The molecule has 342 valence electrons. The first-order valence-electron chi connectivity index (χ1n) is 20.8. The van der Waals surface area contributed by atoms with E-state index in [1.165, 1.54) is 42.4 Å². The van der Waals surface area contributed by atoms with E-state index in [-0.39, 0.29) is 77.0 Å². The fraction of sp³-hybridized carbons (Fsp3) is 0.488. The maximum atomic E-state index is 15.5. The summed E-state index contributed by atoms with van der Waals surface area (Å²) in [6.45, 7) is 2.05. The van der Waals surface area contributed by atoms with Gasteiger partial charge in [-0.25, -0.2) is 27.9 Å². The van der Waals surface area contributed by atoms with E-state index in [4.69, 9.17) is 9.15 Å². The fourth-order valence-corrected chi connectivity index (χ4v) is 8.79. The lowest BCUT2D eigenvalue weighted by Gasteiger charge is -2.42. The van der Waals surface area contributed by atoms with E-state index in [0.29, 0.717) is 64.2 Å².